The fourth-order valence-corrected chi connectivity index (χ4v) is 6.95. The molecule has 1 aliphatic heterocycles. The maximum Gasteiger partial charge on any atom is 0.229 e. The van der Waals surface area contributed by atoms with Gasteiger partial charge in [0.05, 0.1) is 28.5 Å². The van der Waals surface area contributed by atoms with Crippen LogP contribution >= 0.6 is 23.1 Å². The predicted molar refractivity (Wildman–Crippen MR) is 173 cm³/mol. The second-order valence-electron chi connectivity index (χ2n) is 10.6. The molecular formula is C30H35BrN7O3P. The summed E-state index contributed by atoms with van der Waals surface area (Å²) in [5.74, 6) is 2.58. The Kier molecular flexibility index (Phi) is 8.80. The lowest BCUT2D eigenvalue weighted by atomic mass is 10.0. The van der Waals surface area contributed by atoms with Gasteiger partial charge in [0.1, 0.15) is 30.3 Å². The molecule has 3 heterocycles. The molecule has 0 bridgehead atoms. The van der Waals surface area contributed by atoms with E-state index in [0.29, 0.717) is 64.7 Å². The summed E-state index contributed by atoms with van der Waals surface area (Å²) in [6.07, 6.45) is 6.08. The van der Waals surface area contributed by atoms with Crippen molar-refractivity contribution in [3.8, 4) is 5.75 Å². The Labute approximate surface area is 254 Å². The highest BCUT2D eigenvalue weighted by molar-refractivity contribution is 9.10. The van der Waals surface area contributed by atoms with Crippen molar-refractivity contribution in [3.05, 3.63) is 52.5 Å². The molecule has 1 aliphatic rings. The van der Waals surface area contributed by atoms with Crippen molar-refractivity contribution in [2.45, 2.75) is 39.5 Å². The maximum atomic E-state index is 13.5. The van der Waals surface area contributed by atoms with Crippen LogP contribution in [0.5, 0.6) is 5.75 Å². The first-order valence-corrected chi connectivity index (χ1v) is 17.4. The number of hydrogen-bond donors (Lipinski definition) is 2. The fraction of sp³-hybridized carbons (Fsp3) is 0.367. The van der Waals surface area contributed by atoms with Gasteiger partial charge in [0.15, 0.2) is 0 Å². The molecule has 220 valence electrons. The van der Waals surface area contributed by atoms with Gasteiger partial charge in [-0.05, 0) is 59.4 Å². The smallest absolute Gasteiger partial charge is 0.229 e. The quantitative estimate of drug-likeness (QED) is 0.202. The maximum absolute atomic E-state index is 13.5. The molecule has 5 rings (SSSR count). The van der Waals surface area contributed by atoms with E-state index in [4.69, 9.17) is 9.72 Å². The zero-order chi connectivity index (χ0) is 30.0. The van der Waals surface area contributed by atoms with Crippen molar-refractivity contribution >= 4 is 73.9 Å². The van der Waals surface area contributed by atoms with Crippen molar-refractivity contribution in [2.24, 2.45) is 0 Å². The minimum Gasteiger partial charge on any atom is -0.494 e. The predicted octanol–water partition coefficient (Wildman–Crippen LogP) is 6.22. The normalized spacial score (nSPS) is 13.9. The van der Waals surface area contributed by atoms with E-state index in [0.717, 1.165) is 46.5 Å². The highest BCUT2D eigenvalue weighted by atomic mass is 79.9. The van der Waals surface area contributed by atoms with Crippen molar-refractivity contribution in [1.82, 2.24) is 19.9 Å². The van der Waals surface area contributed by atoms with Gasteiger partial charge in [0, 0.05) is 67.2 Å². The number of ketones is 1. The summed E-state index contributed by atoms with van der Waals surface area (Å²) < 4.78 is 19.9. The summed E-state index contributed by atoms with van der Waals surface area (Å²) in [4.78, 5) is 32.3. The lowest BCUT2D eigenvalue weighted by Gasteiger charge is -2.30. The highest BCUT2D eigenvalue weighted by Crippen LogP contribution is 2.42. The molecule has 2 N–H and O–H groups in total. The van der Waals surface area contributed by atoms with Crippen LogP contribution in [0.25, 0.3) is 10.9 Å². The Balaban J connectivity index is 1.48. The second-order valence-corrected chi connectivity index (χ2v) is 14.6. The van der Waals surface area contributed by atoms with Crippen LogP contribution in [0.3, 0.4) is 0 Å². The molecule has 42 heavy (non-hydrogen) atoms. The number of aromatic nitrogens is 4. The van der Waals surface area contributed by atoms with Gasteiger partial charge >= 0.3 is 0 Å². The van der Waals surface area contributed by atoms with Gasteiger partial charge in [0.2, 0.25) is 5.95 Å². The summed E-state index contributed by atoms with van der Waals surface area (Å²) in [5.41, 5.74) is 4.38. The molecule has 2 aromatic heterocycles. The third kappa shape index (κ3) is 6.27. The summed E-state index contributed by atoms with van der Waals surface area (Å²) in [6, 6.07) is 7.86. The number of hydrogen-bond acceptors (Lipinski definition) is 10. The molecule has 0 atom stereocenters. The number of ether oxygens (including phenoxy) is 1. The van der Waals surface area contributed by atoms with Crippen LogP contribution < -0.4 is 25.6 Å². The van der Waals surface area contributed by atoms with E-state index in [9.17, 15) is 9.36 Å². The number of piperidine rings is 1. The molecule has 0 unspecified atom stereocenters. The van der Waals surface area contributed by atoms with Crippen LogP contribution in [0, 0.1) is 0 Å². The molecule has 1 fully saturated rings. The first-order valence-electron chi connectivity index (χ1n) is 14.0. The molecule has 1 saturated heterocycles. The minimum atomic E-state index is -2.74. The van der Waals surface area contributed by atoms with Crippen molar-refractivity contribution in [1.29, 1.82) is 0 Å². The first kappa shape index (κ1) is 29.9. The van der Waals surface area contributed by atoms with Crippen molar-refractivity contribution in [2.75, 3.05) is 49.1 Å². The van der Waals surface area contributed by atoms with Gasteiger partial charge in [-0.15, -0.1) is 0 Å². The zero-order valence-corrected chi connectivity index (χ0v) is 27.0. The van der Waals surface area contributed by atoms with E-state index in [1.165, 1.54) is 0 Å². The number of halogens is 1. The number of nitrogens with one attached hydrogen (secondary N) is 2. The number of nitrogens with zero attached hydrogens (tertiary/aromatic N) is 5. The van der Waals surface area contributed by atoms with Gasteiger partial charge < -0.3 is 24.8 Å². The Hall–Kier alpha value is -3.56. The molecular weight excluding hydrogens is 617 g/mol. The third-order valence-electron chi connectivity index (χ3n) is 7.33. The lowest BCUT2D eigenvalue weighted by molar-refractivity contribution is -0.119. The number of methoxy groups -OCH3 is 1. The SMILES string of the molecule is CCc1ncc2c(P(C)(C)=O)c(Nc3nc(Nc4cc(CC)c(N5CCC(=O)CC5)cc4OC)ncc3Br)ccc2n1. The molecule has 0 saturated carbocycles. The van der Waals surface area contributed by atoms with E-state index in [1.807, 2.05) is 25.1 Å². The summed E-state index contributed by atoms with van der Waals surface area (Å²) in [7, 11) is -1.11. The molecule has 12 heteroatoms. The van der Waals surface area contributed by atoms with Gasteiger partial charge in [-0.25, -0.2) is 15.0 Å². The van der Waals surface area contributed by atoms with E-state index in [2.05, 4.69) is 59.4 Å². The summed E-state index contributed by atoms with van der Waals surface area (Å²) >= 11 is 3.56. The number of Topliss-reactive ketones (excluding diaryl/α,β-unsaturated/α-hetero) is 1. The number of rotatable bonds is 9. The van der Waals surface area contributed by atoms with Crippen LogP contribution in [0.1, 0.15) is 38.1 Å². The molecule has 0 spiro atoms. The monoisotopic (exact) mass is 651 g/mol. The number of benzene rings is 2. The molecule has 0 amide bonds. The second kappa shape index (κ2) is 12.4. The zero-order valence-electron chi connectivity index (χ0n) is 24.5. The van der Waals surface area contributed by atoms with E-state index in [-0.39, 0.29) is 0 Å². The molecule has 10 nitrogen and oxygen atoms in total. The van der Waals surface area contributed by atoms with E-state index < -0.39 is 7.14 Å². The summed E-state index contributed by atoms with van der Waals surface area (Å²) in [5, 5.41) is 8.12. The molecule has 0 radical (unpaired) electrons. The van der Waals surface area contributed by atoms with Crippen LogP contribution in [-0.2, 0) is 22.2 Å². The van der Waals surface area contributed by atoms with Gasteiger partial charge in [-0.2, -0.15) is 4.98 Å². The third-order valence-corrected chi connectivity index (χ3v) is 9.47. The summed E-state index contributed by atoms with van der Waals surface area (Å²) in [6.45, 7) is 9.01. The largest absolute Gasteiger partial charge is 0.494 e. The average Bonchev–Trinajstić information content (AvgIpc) is 2.98. The number of aryl methyl sites for hydroxylation is 2. The number of fused-ring (bicyclic) bond motifs is 1. The molecule has 0 aliphatic carbocycles. The Morgan fingerprint density at radius 3 is 2.43 bits per heavy atom. The van der Waals surface area contributed by atoms with E-state index in [1.54, 1.807) is 32.8 Å². The lowest BCUT2D eigenvalue weighted by Crippen LogP contribution is -2.34. The number of anilines is 5. The fourth-order valence-electron chi connectivity index (χ4n) is 5.20. The number of carbonyl (C=O) groups is 1. The topological polar surface area (TPSA) is 122 Å². The standard InChI is InChI=1S/C30H35BrN7O3P/c1-6-18-14-24(26(41-3)15-25(18)38-12-10-19(39)11-13-38)36-30-33-17-21(31)29(37-30)35-23-9-8-22-20(28(23)42(4,5)40)16-32-27(7-2)34-22/h8-9,14-17H,6-7,10-13H2,1-5H3,(H2,33,35,36,37). The van der Waals surface area contributed by atoms with Crippen molar-refractivity contribution < 1.29 is 14.1 Å². The van der Waals surface area contributed by atoms with Crippen LogP contribution in [0.15, 0.2) is 41.1 Å². The van der Waals surface area contributed by atoms with Crippen molar-refractivity contribution in [3.63, 3.8) is 0 Å². The number of carbonyl (C=O) groups excluding carboxylic acids is 1. The first-order chi connectivity index (χ1) is 20.1. The molecule has 2 aromatic carbocycles. The van der Waals surface area contributed by atoms with Gasteiger partial charge in [0.25, 0.3) is 0 Å². The van der Waals surface area contributed by atoms with Gasteiger partial charge in [-0.3, -0.25) is 4.79 Å². The van der Waals surface area contributed by atoms with Crippen LogP contribution in [0.4, 0.5) is 28.8 Å². The molecule has 4 aromatic rings. The Morgan fingerprint density at radius 2 is 1.76 bits per heavy atom. The van der Waals surface area contributed by atoms with E-state index >= 15 is 0 Å². The van der Waals surface area contributed by atoms with Crippen LogP contribution in [-0.4, -0.2) is 59.2 Å². The van der Waals surface area contributed by atoms with Crippen LogP contribution in [0.2, 0.25) is 0 Å². The Bertz CT molecular complexity index is 1700. The highest BCUT2D eigenvalue weighted by Gasteiger charge is 2.23. The average molecular weight is 653 g/mol. The Morgan fingerprint density at radius 1 is 1.00 bits per heavy atom. The minimum absolute atomic E-state index is 0.307. The van der Waals surface area contributed by atoms with Gasteiger partial charge in [-0.1, -0.05) is 13.8 Å².